The van der Waals surface area contributed by atoms with E-state index in [9.17, 15) is 14.0 Å². The first-order valence-corrected chi connectivity index (χ1v) is 16.6. The number of rotatable bonds is 10. The maximum absolute atomic E-state index is 14.7. The summed E-state index contributed by atoms with van der Waals surface area (Å²) in [6.07, 6.45) is 8.55. The lowest BCUT2D eigenvalue weighted by molar-refractivity contribution is -0.144. The number of alkyl halides is 1. The Morgan fingerprint density at radius 1 is 1.19 bits per heavy atom. The standard InChI is InChI=1S/C31H57FN8O2/c1-4-6-7-11-31(5-2)12-8-9-22(32)19-36-23(18-31)27(28(33)34)29(41)37-24-20-35-13-10-25(24)40-17-16-39-15-14-38(3)30(42)26(39)21-40/h19,22-28,35H,4-18,20-21,33-34H2,1-3H3,(H,37,41). The minimum Gasteiger partial charge on any atom is -0.350 e. The van der Waals surface area contributed by atoms with Crippen LogP contribution < -0.4 is 22.1 Å². The number of nitrogens with two attached hydrogens (primary N) is 2. The van der Waals surface area contributed by atoms with Gasteiger partial charge < -0.3 is 27.0 Å². The van der Waals surface area contributed by atoms with Gasteiger partial charge in [-0.25, -0.2) is 4.39 Å². The SMILES string of the molecule is CCCCCC1(CC)CCCC(F)C=NC(C(C(=O)NC2CNCCC2N2CCN3CCN(C)C(=O)C3C2)C(N)N)C1. The Morgan fingerprint density at radius 2 is 1.95 bits per heavy atom. The van der Waals surface area contributed by atoms with Crippen LogP contribution >= 0.6 is 0 Å². The zero-order valence-electron chi connectivity index (χ0n) is 26.3. The summed E-state index contributed by atoms with van der Waals surface area (Å²) in [5, 5.41) is 6.76. The van der Waals surface area contributed by atoms with Crippen LogP contribution in [0, 0.1) is 11.3 Å². The molecule has 0 radical (unpaired) electrons. The molecule has 0 saturated carbocycles. The third kappa shape index (κ3) is 8.08. The van der Waals surface area contributed by atoms with E-state index in [1.807, 2.05) is 11.9 Å². The molecule has 42 heavy (non-hydrogen) atoms. The van der Waals surface area contributed by atoms with Gasteiger partial charge in [0, 0.05) is 58.6 Å². The predicted octanol–water partition coefficient (Wildman–Crippen LogP) is 1.48. The van der Waals surface area contributed by atoms with Crippen molar-refractivity contribution in [2.45, 2.75) is 115 Å². The maximum Gasteiger partial charge on any atom is 0.241 e. The van der Waals surface area contributed by atoms with Crippen molar-refractivity contribution in [2.75, 3.05) is 52.9 Å². The predicted molar refractivity (Wildman–Crippen MR) is 166 cm³/mol. The topological polar surface area (TPSA) is 132 Å². The molecule has 6 N–H and O–H groups in total. The second kappa shape index (κ2) is 15.4. The number of halogens is 1. The van der Waals surface area contributed by atoms with E-state index in [4.69, 9.17) is 16.5 Å². The van der Waals surface area contributed by atoms with Crippen molar-refractivity contribution in [1.82, 2.24) is 25.3 Å². The van der Waals surface area contributed by atoms with Crippen LogP contribution in [-0.4, -0.2) is 122 Å². The number of piperazine rings is 2. The molecular formula is C31H57FN8O2. The molecule has 3 saturated heterocycles. The smallest absolute Gasteiger partial charge is 0.241 e. The molecule has 4 rings (SSSR count). The van der Waals surface area contributed by atoms with Crippen LogP contribution in [0.5, 0.6) is 0 Å². The van der Waals surface area contributed by atoms with E-state index in [1.54, 1.807) is 0 Å². The molecule has 4 heterocycles. The Kier molecular flexibility index (Phi) is 12.2. The molecule has 0 bridgehead atoms. The summed E-state index contributed by atoms with van der Waals surface area (Å²) < 4.78 is 14.7. The molecule has 240 valence electrons. The highest BCUT2D eigenvalue weighted by atomic mass is 19.1. The number of nitrogens with one attached hydrogen (secondary N) is 2. The molecule has 0 aromatic carbocycles. The molecule has 0 aliphatic carbocycles. The molecule has 0 aromatic heterocycles. The van der Waals surface area contributed by atoms with Gasteiger partial charge in [-0.3, -0.25) is 24.4 Å². The van der Waals surface area contributed by atoms with Gasteiger partial charge >= 0.3 is 0 Å². The second-order valence-corrected chi connectivity index (χ2v) is 13.4. The number of hydrogen-bond donors (Lipinski definition) is 4. The number of carbonyl (C=O) groups excluding carboxylic acids is 2. The Labute approximate surface area is 252 Å². The Balaban J connectivity index is 1.51. The van der Waals surface area contributed by atoms with Gasteiger partial charge in [0.15, 0.2) is 0 Å². The van der Waals surface area contributed by atoms with Crippen LogP contribution in [0.25, 0.3) is 0 Å². The number of likely N-dealkylation sites (N-methyl/N-ethyl adjacent to an activating group) is 1. The van der Waals surface area contributed by atoms with E-state index >= 15 is 0 Å². The molecule has 7 unspecified atom stereocenters. The average Bonchev–Trinajstić information content (AvgIpc) is 3.05. The molecular weight excluding hydrogens is 535 g/mol. The summed E-state index contributed by atoms with van der Waals surface area (Å²) in [7, 11) is 1.88. The third-order valence-electron chi connectivity index (χ3n) is 10.6. The van der Waals surface area contributed by atoms with Crippen molar-refractivity contribution < 1.29 is 14.0 Å². The van der Waals surface area contributed by atoms with Crippen molar-refractivity contribution in [2.24, 2.45) is 27.8 Å². The lowest BCUT2D eigenvalue weighted by Gasteiger charge is -2.50. The monoisotopic (exact) mass is 592 g/mol. The summed E-state index contributed by atoms with van der Waals surface area (Å²) in [6, 6.07) is -0.650. The minimum atomic E-state index is -1.12. The fraction of sp³-hybridized carbons (Fsp3) is 0.903. The summed E-state index contributed by atoms with van der Waals surface area (Å²) in [5.41, 5.74) is 12.7. The van der Waals surface area contributed by atoms with Crippen molar-refractivity contribution in [3.05, 3.63) is 0 Å². The zero-order chi connectivity index (χ0) is 30.3. The van der Waals surface area contributed by atoms with E-state index < -0.39 is 24.3 Å². The third-order valence-corrected chi connectivity index (χ3v) is 10.6. The molecule has 7 atom stereocenters. The number of nitrogens with zero attached hydrogens (tertiary/aromatic N) is 4. The maximum atomic E-state index is 14.7. The summed E-state index contributed by atoms with van der Waals surface area (Å²) in [4.78, 5) is 38.3. The molecule has 10 nitrogen and oxygen atoms in total. The molecule has 3 fully saturated rings. The van der Waals surface area contributed by atoms with Gasteiger partial charge in [0.25, 0.3) is 0 Å². The second-order valence-electron chi connectivity index (χ2n) is 13.4. The van der Waals surface area contributed by atoms with Crippen LogP contribution in [0.15, 0.2) is 4.99 Å². The van der Waals surface area contributed by atoms with Crippen molar-refractivity contribution in [1.29, 1.82) is 0 Å². The Bertz CT molecular complexity index is 921. The van der Waals surface area contributed by atoms with Crippen LogP contribution in [0.2, 0.25) is 0 Å². The first-order chi connectivity index (χ1) is 20.2. The Morgan fingerprint density at radius 3 is 2.69 bits per heavy atom. The van der Waals surface area contributed by atoms with Gasteiger partial charge in [0.1, 0.15) is 12.2 Å². The number of carbonyl (C=O) groups is 2. The summed E-state index contributed by atoms with van der Waals surface area (Å²) >= 11 is 0. The van der Waals surface area contributed by atoms with Gasteiger partial charge in [0.2, 0.25) is 11.8 Å². The molecule has 0 spiro atoms. The summed E-state index contributed by atoms with van der Waals surface area (Å²) in [5.74, 6) is -0.778. The largest absolute Gasteiger partial charge is 0.350 e. The molecule has 4 aliphatic heterocycles. The van der Waals surface area contributed by atoms with Gasteiger partial charge in [-0.2, -0.15) is 0 Å². The van der Waals surface area contributed by atoms with Crippen molar-refractivity contribution in [3.63, 3.8) is 0 Å². The van der Waals surface area contributed by atoms with Gasteiger partial charge in [-0.15, -0.1) is 0 Å². The number of fused-ring (bicyclic) bond motifs is 1. The first-order valence-electron chi connectivity index (χ1n) is 16.6. The lowest BCUT2D eigenvalue weighted by atomic mass is 9.69. The van der Waals surface area contributed by atoms with Gasteiger partial charge in [0.05, 0.1) is 24.2 Å². The number of aliphatic imine (C=N–C) groups is 1. The number of amides is 2. The fourth-order valence-electron chi connectivity index (χ4n) is 7.85. The summed E-state index contributed by atoms with van der Waals surface area (Å²) in [6.45, 7) is 9.97. The van der Waals surface area contributed by atoms with Crippen LogP contribution in [0.4, 0.5) is 4.39 Å². The number of piperidine rings is 1. The van der Waals surface area contributed by atoms with Gasteiger partial charge in [-0.05, 0) is 50.5 Å². The highest BCUT2D eigenvalue weighted by molar-refractivity contribution is 5.83. The van der Waals surface area contributed by atoms with E-state index in [2.05, 4.69) is 34.3 Å². The molecule has 11 heteroatoms. The van der Waals surface area contributed by atoms with E-state index in [1.165, 1.54) is 6.21 Å². The van der Waals surface area contributed by atoms with E-state index in [0.717, 1.165) is 84.1 Å². The minimum absolute atomic E-state index is 0.0110. The van der Waals surface area contributed by atoms with Crippen molar-refractivity contribution >= 4 is 18.0 Å². The van der Waals surface area contributed by atoms with Gasteiger partial charge in [-0.1, -0.05) is 39.5 Å². The Hall–Kier alpha value is -1.66. The molecule has 2 amide bonds. The molecule has 0 aromatic rings. The fourth-order valence-corrected chi connectivity index (χ4v) is 7.85. The number of unbranched alkanes of at least 4 members (excludes halogenated alkanes) is 2. The number of hydrogen-bond acceptors (Lipinski definition) is 8. The first kappa shape index (κ1) is 33.2. The van der Waals surface area contributed by atoms with E-state index in [0.29, 0.717) is 25.9 Å². The van der Waals surface area contributed by atoms with Crippen molar-refractivity contribution in [3.8, 4) is 0 Å². The van der Waals surface area contributed by atoms with E-state index in [-0.39, 0.29) is 35.4 Å². The normalized spacial score (nSPS) is 34.4. The lowest BCUT2D eigenvalue weighted by Crippen LogP contribution is -2.69. The van der Waals surface area contributed by atoms with Crippen LogP contribution in [0.3, 0.4) is 0 Å². The highest BCUT2D eigenvalue weighted by Crippen LogP contribution is 2.42. The highest BCUT2D eigenvalue weighted by Gasteiger charge is 2.43. The zero-order valence-corrected chi connectivity index (χ0v) is 26.3. The van der Waals surface area contributed by atoms with Crippen LogP contribution in [0.1, 0.15) is 78.1 Å². The van der Waals surface area contributed by atoms with Crippen LogP contribution in [-0.2, 0) is 9.59 Å². The quantitative estimate of drug-likeness (QED) is 0.223. The molecule has 4 aliphatic rings. The average molecular weight is 593 g/mol.